The molecule has 2 aliphatic rings. The molecule has 23 heavy (non-hydrogen) atoms. The zero-order valence-electron chi connectivity index (χ0n) is 16.3. The Morgan fingerprint density at radius 2 is 0.826 bits per heavy atom. The SMILES string of the molecule is CC1CCCCCCC(C2CCCCCCCCCCC2)C1C. The predicted octanol–water partition coefficient (Wildman–Crippen LogP) is 8.15. The van der Waals surface area contributed by atoms with Gasteiger partial charge in [0.2, 0.25) is 0 Å². The minimum absolute atomic E-state index is 0.958. The Hall–Kier alpha value is 0. The van der Waals surface area contributed by atoms with E-state index in [1.54, 1.807) is 12.8 Å². The number of hydrogen-bond donors (Lipinski definition) is 0. The molecule has 0 aromatic rings. The lowest BCUT2D eigenvalue weighted by Gasteiger charge is -2.35. The van der Waals surface area contributed by atoms with Crippen molar-refractivity contribution in [2.45, 2.75) is 123 Å². The van der Waals surface area contributed by atoms with E-state index in [0.717, 1.165) is 23.7 Å². The van der Waals surface area contributed by atoms with Crippen molar-refractivity contribution in [1.29, 1.82) is 0 Å². The zero-order chi connectivity index (χ0) is 16.3. The van der Waals surface area contributed by atoms with Crippen molar-refractivity contribution in [2.24, 2.45) is 23.7 Å². The fourth-order valence-corrected chi connectivity index (χ4v) is 5.44. The van der Waals surface area contributed by atoms with Gasteiger partial charge in [-0.1, -0.05) is 117 Å². The molecule has 0 spiro atoms. The molecule has 2 saturated carbocycles. The molecule has 0 heterocycles. The lowest BCUT2D eigenvalue weighted by molar-refractivity contribution is 0.147. The molecule has 0 bridgehead atoms. The molecule has 2 rings (SSSR count). The average Bonchev–Trinajstić information content (AvgIpc) is 2.61. The minimum Gasteiger partial charge on any atom is -0.0622 e. The second kappa shape index (κ2) is 11.5. The van der Waals surface area contributed by atoms with Gasteiger partial charge in [0.1, 0.15) is 0 Å². The number of rotatable bonds is 1. The fourth-order valence-electron chi connectivity index (χ4n) is 5.44. The van der Waals surface area contributed by atoms with E-state index in [2.05, 4.69) is 13.8 Å². The Morgan fingerprint density at radius 1 is 0.435 bits per heavy atom. The molecule has 0 aromatic carbocycles. The van der Waals surface area contributed by atoms with Gasteiger partial charge in [-0.25, -0.2) is 0 Å². The maximum atomic E-state index is 2.61. The zero-order valence-corrected chi connectivity index (χ0v) is 16.3. The van der Waals surface area contributed by atoms with Crippen molar-refractivity contribution in [3.05, 3.63) is 0 Å². The lowest BCUT2D eigenvalue weighted by Crippen LogP contribution is -2.26. The number of hydrogen-bond acceptors (Lipinski definition) is 0. The van der Waals surface area contributed by atoms with Gasteiger partial charge in [0.15, 0.2) is 0 Å². The van der Waals surface area contributed by atoms with E-state index in [4.69, 9.17) is 0 Å². The third-order valence-electron chi connectivity index (χ3n) is 7.28. The molecule has 0 saturated heterocycles. The summed E-state index contributed by atoms with van der Waals surface area (Å²) in [6.07, 6.45) is 25.7. The molecule has 0 N–H and O–H groups in total. The summed E-state index contributed by atoms with van der Waals surface area (Å²) < 4.78 is 0. The monoisotopic (exact) mass is 320 g/mol. The summed E-state index contributed by atoms with van der Waals surface area (Å²) in [6, 6.07) is 0. The summed E-state index contributed by atoms with van der Waals surface area (Å²) in [5.41, 5.74) is 0. The highest BCUT2D eigenvalue weighted by Gasteiger charge is 2.29. The van der Waals surface area contributed by atoms with E-state index < -0.39 is 0 Å². The van der Waals surface area contributed by atoms with E-state index in [1.165, 1.54) is 96.3 Å². The second-order valence-electron chi connectivity index (χ2n) is 9.01. The van der Waals surface area contributed by atoms with Gasteiger partial charge in [-0.3, -0.25) is 0 Å². The first-order valence-electron chi connectivity index (χ1n) is 11.3. The topological polar surface area (TPSA) is 0 Å². The quantitative estimate of drug-likeness (QED) is 0.457. The maximum absolute atomic E-state index is 2.61. The molecule has 0 aromatic heterocycles. The highest BCUT2D eigenvalue weighted by atomic mass is 14.3. The largest absolute Gasteiger partial charge is 0.0622 e. The standard InChI is InChI=1S/C23H44/c1-20-16-12-10-11-15-19-23(21(20)2)22-17-13-8-6-4-3-5-7-9-14-18-22/h20-23H,3-19H2,1-2H3. The van der Waals surface area contributed by atoms with Crippen molar-refractivity contribution in [1.82, 2.24) is 0 Å². The molecule has 2 aliphatic carbocycles. The van der Waals surface area contributed by atoms with E-state index in [1.807, 2.05) is 0 Å². The fraction of sp³-hybridized carbons (Fsp3) is 1.00. The first-order valence-corrected chi connectivity index (χ1v) is 11.3. The molecule has 2 fully saturated rings. The first kappa shape index (κ1) is 19.3. The summed E-state index contributed by atoms with van der Waals surface area (Å²) in [5.74, 6) is 4.00. The van der Waals surface area contributed by atoms with Crippen molar-refractivity contribution >= 4 is 0 Å². The highest BCUT2D eigenvalue weighted by molar-refractivity contribution is 4.80. The molecule has 3 unspecified atom stereocenters. The van der Waals surface area contributed by atoms with E-state index in [0.29, 0.717) is 0 Å². The van der Waals surface area contributed by atoms with Crippen molar-refractivity contribution in [3.8, 4) is 0 Å². The van der Waals surface area contributed by atoms with E-state index >= 15 is 0 Å². The lowest BCUT2D eigenvalue weighted by atomic mass is 9.70. The summed E-state index contributed by atoms with van der Waals surface area (Å²) in [6.45, 7) is 5.16. The molecule has 0 amide bonds. The normalized spacial score (nSPS) is 34.4. The van der Waals surface area contributed by atoms with Crippen LogP contribution in [0.1, 0.15) is 123 Å². The van der Waals surface area contributed by atoms with Gasteiger partial charge < -0.3 is 0 Å². The summed E-state index contributed by atoms with van der Waals surface area (Å²) in [7, 11) is 0. The molecular weight excluding hydrogens is 276 g/mol. The van der Waals surface area contributed by atoms with Gasteiger partial charge >= 0.3 is 0 Å². The third kappa shape index (κ3) is 7.18. The summed E-state index contributed by atoms with van der Waals surface area (Å²) in [4.78, 5) is 0. The first-order chi connectivity index (χ1) is 11.3. The maximum Gasteiger partial charge on any atom is -0.0358 e. The van der Waals surface area contributed by atoms with Crippen LogP contribution in [0, 0.1) is 23.7 Å². The molecule has 3 atom stereocenters. The summed E-state index contributed by atoms with van der Waals surface area (Å²) >= 11 is 0. The van der Waals surface area contributed by atoms with Crippen LogP contribution < -0.4 is 0 Å². The van der Waals surface area contributed by atoms with Crippen LogP contribution in [-0.4, -0.2) is 0 Å². The van der Waals surface area contributed by atoms with Gasteiger partial charge in [-0.05, 0) is 30.1 Å². The smallest absolute Gasteiger partial charge is 0.0358 e. The van der Waals surface area contributed by atoms with Crippen LogP contribution in [0.15, 0.2) is 0 Å². The summed E-state index contributed by atoms with van der Waals surface area (Å²) in [5, 5.41) is 0. The second-order valence-corrected chi connectivity index (χ2v) is 9.01. The molecular formula is C23H44. The van der Waals surface area contributed by atoms with Crippen LogP contribution in [0.4, 0.5) is 0 Å². The Bertz CT molecular complexity index is 270. The predicted molar refractivity (Wildman–Crippen MR) is 104 cm³/mol. The van der Waals surface area contributed by atoms with Gasteiger partial charge in [0.25, 0.3) is 0 Å². The van der Waals surface area contributed by atoms with Crippen LogP contribution in [0.2, 0.25) is 0 Å². The molecule has 0 radical (unpaired) electrons. The van der Waals surface area contributed by atoms with Crippen LogP contribution in [-0.2, 0) is 0 Å². The van der Waals surface area contributed by atoms with Gasteiger partial charge in [0, 0.05) is 0 Å². The van der Waals surface area contributed by atoms with Gasteiger partial charge in [-0.2, -0.15) is 0 Å². The van der Waals surface area contributed by atoms with Crippen molar-refractivity contribution < 1.29 is 0 Å². The molecule has 0 heteroatoms. The molecule has 0 nitrogen and oxygen atoms in total. The van der Waals surface area contributed by atoms with Gasteiger partial charge in [-0.15, -0.1) is 0 Å². The van der Waals surface area contributed by atoms with Crippen LogP contribution >= 0.6 is 0 Å². The Balaban J connectivity index is 1.95. The Kier molecular flexibility index (Phi) is 9.69. The Labute approximate surface area is 147 Å². The Morgan fingerprint density at radius 3 is 1.35 bits per heavy atom. The van der Waals surface area contributed by atoms with Gasteiger partial charge in [0.05, 0.1) is 0 Å². The average molecular weight is 321 g/mol. The highest BCUT2D eigenvalue weighted by Crippen LogP contribution is 2.40. The molecule has 0 aliphatic heterocycles. The van der Waals surface area contributed by atoms with Crippen LogP contribution in [0.25, 0.3) is 0 Å². The third-order valence-corrected chi connectivity index (χ3v) is 7.28. The van der Waals surface area contributed by atoms with Crippen LogP contribution in [0.5, 0.6) is 0 Å². The van der Waals surface area contributed by atoms with Crippen LogP contribution in [0.3, 0.4) is 0 Å². The van der Waals surface area contributed by atoms with Crippen molar-refractivity contribution in [2.75, 3.05) is 0 Å². The van der Waals surface area contributed by atoms with E-state index in [9.17, 15) is 0 Å². The molecule has 136 valence electrons. The van der Waals surface area contributed by atoms with E-state index in [-0.39, 0.29) is 0 Å². The minimum atomic E-state index is 0.958. The van der Waals surface area contributed by atoms with Crippen molar-refractivity contribution in [3.63, 3.8) is 0 Å².